The van der Waals surface area contributed by atoms with E-state index in [0.717, 1.165) is 5.57 Å². The number of hydrogen-bond donors (Lipinski definition) is 1. The minimum Gasteiger partial charge on any atom is -0.394 e. The molecule has 0 saturated carbocycles. The number of morpholine rings is 1. The van der Waals surface area contributed by atoms with Crippen LogP contribution < -0.4 is 0 Å². The number of rotatable bonds is 6. The first-order chi connectivity index (χ1) is 9.27. The molecule has 116 valence electrons. The molecule has 1 fully saturated rings. The molecule has 1 saturated heterocycles. The number of carbonyl (C=O) groups excluding carboxylic acids is 1. The maximum Gasteiger partial charge on any atom is 0.237 e. The van der Waals surface area contributed by atoms with Crippen molar-refractivity contribution in [1.29, 1.82) is 0 Å². The topological polar surface area (TPSA) is 53.0 Å². The number of nitrogens with zero attached hydrogens (tertiary/aromatic N) is 2. The van der Waals surface area contributed by atoms with E-state index in [1.54, 1.807) is 4.90 Å². The lowest BCUT2D eigenvalue weighted by molar-refractivity contribution is -0.156. The van der Waals surface area contributed by atoms with Crippen LogP contribution in [0.4, 0.5) is 0 Å². The van der Waals surface area contributed by atoms with Gasteiger partial charge in [-0.15, -0.1) is 0 Å². The second kappa shape index (κ2) is 7.20. The third-order valence-corrected chi connectivity index (χ3v) is 3.31. The molecular weight excluding hydrogens is 256 g/mol. The maximum atomic E-state index is 12.3. The quantitative estimate of drug-likeness (QED) is 0.736. The van der Waals surface area contributed by atoms with E-state index in [0.29, 0.717) is 32.7 Å². The number of ether oxygens (including phenoxy) is 1. The average Bonchev–Trinajstić information content (AvgIpc) is 2.33. The largest absolute Gasteiger partial charge is 0.394 e. The van der Waals surface area contributed by atoms with E-state index in [-0.39, 0.29) is 24.2 Å². The zero-order valence-electron chi connectivity index (χ0n) is 13.2. The lowest BCUT2D eigenvalue weighted by atomic mass is 10.1. The number of aliphatic hydroxyl groups is 1. The highest BCUT2D eigenvalue weighted by Gasteiger charge is 2.34. The van der Waals surface area contributed by atoms with Gasteiger partial charge in [0.05, 0.1) is 24.9 Å². The summed E-state index contributed by atoms with van der Waals surface area (Å²) in [4.78, 5) is 16.2. The molecule has 1 amide bonds. The Morgan fingerprint density at radius 3 is 2.70 bits per heavy atom. The zero-order valence-corrected chi connectivity index (χ0v) is 13.2. The Morgan fingerprint density at radius 1 is 1.55 bits per heavy atom. The second-order valence-corrected chi connectivity index (χ2v) is 6.22. The van der Waals surface area contributed by atoms with Gasteiger partial charge in [-0.2, -0.15) is 0 Å². The summed E-state index contributed by atoms with van der Waals surface area (Å²) in [6.07, 6.45) is -0.220. The van der Waals surface area contributed by atoms with Crippen LogP contribution in [0.3, 0.4) is 0 Å². The van der Waals surface area contributed by atoms with Gasteiger partial charge in [0.25, 0.3) is 0 Å². The summed E-state index contributed by atoms with van der Waals surface area (Å²) in [5, 5.41) is 9.29. The lowest BCUT2D eigenvalue weighted by Crippen LogP contribution is -2.56. The summed E-state index contributed by atoms with van der Waals surface area (Å²) in [5.41, 5.74) is 0.646. The highest BCUT2D eigenvalue weighted by atomic mass is 16.5. The summed E-state index contributed by atoms with van der Waals surface area (Å²) in [6.45, 7) is 14.7. The molecule has 1 unspecified atom stereocenters. The van der Waals surface area contributed by atoms with Gasteiger partial charge in [-0.25, -0.2) is 0 Å². The van der Waals surface area contributed by atoms with Gasteiger partial charge in [-0.05, 0) is 27.7 Å². The van der Waals surface area contributed by atoms with E-state index in [1.165, 1.54) is 0 Å². The van der Waals surface area contributed by atoms with Gasteiger partial charge < -0.3 is 14.7 Å². The highest BCUT2D eigenvalue weighted by Crippen LogP contribution is 2.20. The van der Waals surface area contributed by atoms with Crippen molar-refractivity contribution in [2.24, 2.45) is 0 Å². The molecule has 0 bridgehead atoms. The van der Waals surface area contributed by atoms with Gasteiger partial charge in [0.15, 0.2) is 0 Å². The average molecular weight is 284 g/mol. The lowest BCUT2D eigenvalue weighted by Gasteiger charge is -2.42. The number of amides is 1. The van der Waals surface area contributed by atoms with Gasteiger partial charge in [-0.3, -0.25) is 9.69 Å². The van der Waals surface area contributed by atoms with Gasteiger partial charge >= 0.3 is 0 Å². The molecule has 0 spiro atoms. The third-order valence-electron chi connectivity index (χ3n) is 3.31. The number of hydrogen-bond acceptors (Lipinski definition) is 4. The molecule has 20 heavy (non-hydrogen) atoms. The van der Waals surface area contributed by atoms with E-state index in [1.807, 2.05) is 27.7 Å². The van der Waals surface area contributed by atoms with Crippen LogP contribution in [0, 0.1) is 0 Å². The molecule has 1 aliphatic heterocycles. The molecule has 1 aliphatic rings. The number of carbonyl (C=O) groups is 1. The molecular formula is C15H28N2O3. The highest BCUT2D eigenvalue weighted by molar-refractivity contribution is 5.78. The van der Waals surface area contributed by atoms with Crippen molar-refractivity contribution in [2.45, 2.75) is 39.4 Å². The third kappa shape index (κ3) is 5.23. The van der Waals surface area contributed by atoms with Crippen molar-refractivity contribution in [2.75, 3.05) is 39.3 Å². The van der Waals surface area contributed by atoms with Gasteiger partial charge in [0.2, 0.25) is 5.91 Å². The fraction of sp³-hybridized carbons (Fsp3) is 0.800. The molecule has 0 aromatic heterocycles. The molecule has 1 heterocycles. The summed E-state index contributed by atoms with van der Waals surface area (Å²) in [7, 11) is 0. The van der Waals surface area contributed by atoms with Crippen LogP contribution in [0.25, 0.3) is 0 Å². The minimum atomic E-state index is -0.336. The fourth-order valence-corrected chi connectivity index (χ4v) is 2.63. The van der Waals surface area contributed by atoms with E-state index >= 15 is 0 Å². The Labute approximate surface area is 122 Å². The molecule has 0 aromatic carbocycles. The van der Waals surface area contributed by atoms with Crippen LogP contribution in [0.5, 0.6) is 0 Å². The Morgan fingerprint density at radius 2 is 2.20 bits per heavy atom. The summed E-state index contributed by atoms with van der Waals surface area (Å²) in [5.74, 6) is 0.102. The van der Waals surface area contributed by atoms with E-state index < -0.39 is 0 Å². The van der Waals surface area contributed by atoms with Crippen molar-refractivity contribution < 1.29 is 14.6 Å². The molecule has 5 heteroatoms. The SMILES string of the molecule is C=C(C)CN(CC)C(=O)CN1CC(CO)OC(C)(C)C1. The first kappa shape index (κ1) is 17.1. The first-order valence-corrected chi connectivity index (χ1v) is 7.20. The second-order valence-electron chi connectivity index (χ2n) is 6.22. The van der Waals surface area contributed by atoms with Crippen molar-refractivity contribution in [3.8, 4) is 0 Å². The van der Waals surface area contributed by atoms with Crippen LogP contribution in [0.1, 0.15) is 27.7 Å². The van der Waals surface area contributed by atoms with Crippen molar-refractivity contribution >= 4 is 5.91 Å². The van der Waals surface area contributed by atoms with Crippen LogP contribution in [0.15, 0.2) is 12.2 Å². The van der Waals surface area contributed by atoms with Crippen molar-refractivity contribution in [3.05, 3.63) is 12.2 Å². The zero-order chi connectivity index (χ0) is 15.3. The Hall–Kier alpha value is -0.910. The predicted molar refractivity (Wildman–Crippen MR) is 79.5 cm³/mol. The number of likely N-dealkylation sites (N-methyl/N-ethyl adjacent to an activating group) is 1. The summed E-state index contributed by atoms with van der Waals surface area (Å²) < 4.78 is 5.76. The molecule has 5 nitrogen and oxygen atoms in total. The molecule has 1 rings (SSSR count). The standard InChI is InChI=1S/C15H28N2O3/c1-6-17(7-12(2)3)14(19)9-16-8-13(10-18)20-15(4,5)11-16/h13,18H,2,6-11H2,1,3-5H3. The predicted octanol–water partition coefficient (Wildman–Crippen LogP) is 0.883. The van der Waals surface area contributed by atoms with Gasteiger partial charge in [0.1, 0.15) is 0 Å². The number of aliphatic hydroxyl groups excluding tert-OH is 1. The summed E-state index contributed by atoms with van der Waals surface area (Å²) >= 11 is 0. The van der Waals surface area contributed by atoms with Gasteiger partial charge in [-0.1, -0.05) is 12.2 Å². The Bertz CT molecular complexity index is 355. The molecule has 0 aromatic rings. The van der Waals surface area contributed by atoms with Crippen molar-refractivity contribution in [3.63, 3.8) is 0 Å². The van der Waals surface area contributed by atoms with Crippen LogP contribution >= 0.6 is 0 Å². The van der Waals surface area contributed by atoms with E-state index in [4.69, 9.17) is 4.74 Å². The van der Waals surface area contributed by atoms with Crippen LogP contribution in [-0.2, 0) is 9.53 Å². The van der Waals surface area contributed by atoms with Crippen LogP contribution in [0.2, 0.25) is 0 Å². The molecule has 1 atom stereocenters. The smallest absolute Gasteiger partial charge is 0.237 e. The van der Waals surface area contributed by atoms with E-state index in [9.17, 15) is 9.90 Å². The van der Waals surface area contributed by atoms with Gasteiger partial charge in [0, 0.05) is 26.2 Å². The van der Waals surface area contributed by atoms with E-state index in [2.05, 4.69) is 11.5 Å². The summed E-state index contributed by atoms with van der Waals surface area (Å²) in [6, 6.07) is 0. The normalized spacial score (nSPS) is 22.6. The molecule has 0 aliphatic carbocycles. The Balaban J connectivity index is 2.61. The monoisotopic (exact) mass is 284 g/mol. The molecule has 1 N–H and O–H groups in total. The molecule has 0 radical (unpaired) electrons. The first-order valence-electron chi connectivity index (χ1n) is 7.20. The van der Waals surface area contributed by atoms with Crippen LogP contribution in [-0.4, -0.2) is 71.8 Å². The minimum absolute atomic E-state index is 0.0165. The van der Waals surface area contributed by atoms with Crippen molar-refractivity contribution in [1.82, 2.24) is 9.80 Å². The Kier molecular flexibility index (Phi) is 6.17. The maximum absolute atomic E-state index is 12.3. The fourth-order valence-electron chi connectivity index (χ4n) is 2.63.